The van der Waals surface area contributed by atoms with E-state index in [4.69, 9.17) is 4.74 Å². The molecule has 0 aromatic carbocycles. The summed E-state index contributed by atoms with van der Waals surface area (Å²) in [6.45, 7) is 2.29. The number of hydrogen-bond acceptors (Lipinski definition) is 3. The molecule has 0 radical (unpaired) electrons. The van der Waals surface area contributed by atoms with Crippen LogP contribution in [0.15, 0.2) is 16.8 Å². The number of thiophene rings is 1. The monoisotopic (exact) mass is 253 g/mol. The Morgan fingerprint density at radius 2 is 2.18 bits per heavy atom. The first-order chi connectivity index (χ1) is 8.28. The number of rotatable bonds is 5. The van der Waals surface area contributed by atoms with Crippen molar-refractivity contribution in [1.82, 2.24) is 5.32 Å². The van der Waals surface area contributed by atoms with Crippen LogP contribution in [0.2, 0.25) is 0 Å². The molecule has 0 bridgehead atoms. The van der Waals surface area contributed by atoms with E-state index >= 15 is 0 Å². The van der Waals surface area contributed by atoms with Gasteiger partial charge in [0.25, 0.3) is 0 Å². The Hall–Kier alpha value is -0.380. The van der Waals surface area contributed by atoms with Crippen molar-refractivity contribution in [1.29, 1.82) is 0 Å². The average Bonchev–Trinajstić information content (AvgIpc) is 2.82. The van der Waals surface area contributed by atoms with Gasteiger partial charge in [-0.1, -0.05) is 0 Å². The van der Waals surface area contributed by atoms with Gasteiger partial charge in [-0.25, -0.2) is 0 Å². The maximum absolute atomic E-state index is 5.40. The largest absolute Gasteiger partial charge is 0.381 e. The minimum atomic E-state index is 0.500. The molecule has 1 atom stereocenters. The van der Waals surface area contributed by atoms with Crippen LogP contribution in [0.3, 0.4) is 0 Å². The normalized spacial score (nSPS) is 26.9. The number of methoxy groups -OCH3 is 1. The van der Waals surface area contributed by atoms with Crippen LogP contribution in [0, 0.1) is 0 Å². The van der Waals surface area contributed by atoms with E-state index in [1.54, 1.807) is 11.3 Å². The minimum absolute atomic E-state index is 0.500. The Morgan fingerprint density at radius 1 is 1.41 bits per heavy atom. The van der Waals surface area contributed by atoms with Crippen molar-refractivity contribution in [2.45, 2.75) is 57.2 Å². The summed E-state index contributed by atoms with van der Waals surface area (Å²) in [7, 11) is 1.83. The van der Waals surface area contributed by atoms with E-state index in [-0.39, 0.29) is 0 Å². The second-order valence-corrected chi connectivity index (χ2v) is 5.89. The SMILES string of the molecule is COC1CCC(NC(C)Cc2ccsc2)CC1. The third-order valence-corrected chi connectivity index (χ3v) is 4.38. The zero-order chi connectivity index (χ0) is 12.1. The molecule has 1 saturated carbocycles. The maximum Gasteiger partial charge on any atom is 0.0572 e. The summed E-state index contributed by atoms with van der Waals surface area (Å²) in [5.41, 5.74) is 1.46. The first-order valence-corrected chi connectivity index (χ1v) is 7.52. The predicted molar refractivity (Wildman–Crippen MR) is 73.7 cm³/mol. The van der Waals surface area contributed by atoms with Gasteiger partial charge in [0.1, 0.15) is 0 Å². The topological polar surface area (TPSA) is 21.3 Å². The lowest BCUT2D eigenvalue weighted by molar-refractivity contribution is 0.0614. The number of hydrogen-bond donors (Lipinski definition) is 1. The fraction of sp³-hybridized carbons (Fsp3) is 0.714. The standard InChI is InChI=1S/C14H23NOS/c1-11(9-12-7-8-17-10-12)15-13-3-5-14(16-2)6-4-13/h7-8,10-11,13-15H,3-6,9H2,1-2H3. The third-order valence-electron chi connectivity index (χ3n) is 3.65. The number of ether oxygens (including phenoxy) is 1. The van der Waals surface area contributed by atoms with E-state index < -0.39 is 0 Å². The van der Waals surface area contributed by atoms with E-state index in [1.807, 2.05) is 7.11 Å². The predicted octanol–water partition coefficient (Wildman–Crippen LogP) is 3.23. The van der Waals surface area contributed by atoms with Crippen molar-refractivity contribution in [2.75, 3.05) is 7.11 Å². The summed E-state index contributed by atoms with van der Waals surface area (Å²) in [5.74, 6) is 0. The molecule has 17 heavy (non-hydrogen) atoms. The van der Waals surface area contributed by atoms with Crippen molar-refractivity contribution in [3.8, 4) is 0 Å². The highest BCUT2D eigenvalue weighted by molar-refractivity contribution is 7.07. The Labute approximate surface area is 108 Å². The zero-order valence-electron chi connectivity index (χ0n) is 10.8. The second-order valence-electron chi connectivity index (χ2n) is 5.11. The van der Waals surface area contributed by atoms with Gasteiger partial charge < -0.3 is 10.1 Å². The van der Waals surface area contributed by atoms with Crippen LogP contribution in [0.25, 0.3) is 0 Å². The van der Waals surface area contributed by atoms with Crippen molar-refractivity contribution in [3.63, 3.8) is 0 Å². The summed E-state index contributed by atoms with van der Waals surface area (Å²) >= 11 is 1.79. The van der Waals surface area contributed by atoms with Crippen molar-refractivity contribution < 1.29 is 4.74 Å². The smallest absolute Gasteiger partial charge is 0.0572 e. The molecule has 1 aliphatic rings. The minimum Gasteiger partial charge on any atom is -0.381 e. The third kappa shape index (κ3) is 4.09. The molecule has 0 saturated heterocycles. The van der Waals surface area contributed by atoms with Crippen LogP contribution in [-0.4, -0.2) is 25.3 Å². The Balaban J connectivity index is 1.70. The van der Waals surface area contributed by atoms with Gasteiger partial charge in [0, 0.05) is 19.2 Å². The molecule has 0 amide bonds. The molecular weight excluding hydrogens is 230 g/mol. The summed E-state index contributed by atoms with van der Waals surface area (Å²) in [4.78, 5) is 0. The summed E-state index contributed by atoms with van der Waals surface area (Å²) in [6, 6.07) is 3.49. The fourth-order valence-electron chi connectivity index (χ4n) is 2.69. The van der Waals surface area contributed by atoms with Gasteiger partial charge in [-0.2, -0.15) is 11.3 Å². The van der Waals surface area contributed by atoms with Gasteiger partial charge in [0.2, 0.25) is 0 Å². The van der Waals surface area contributed by atoms with Crippen LogP contribution in [-0.2, 0) is 11.2 Å². The van der Waals surface area contributed by atoms with Gasteiger partial charge in [-0.05, 0) is 61.4 Å². The highest BCUT2D eigenvalue weighted by atomic mass is 32.1. The lowest BCUT2D eigenvalue weighted by Gasteiger charge is -2.30. The van der Waals surface area contributed by atoms with Gasteiger partial charge in [-0.3, -0.25) is 0 Å². The second kappa shape index (κ2) is 6.53. The van der Waals surface area contributed by atoms with Crippen LogP contribution in [0.5, 0.6) is 0 Å². The van der Waals surface area contributed by atoms with Crippen molar-refractivity contribution in [3.05, 3.63) is 22.4 Å². The molecule has 1 aliphatic carbocycles. The molecule has 1 N–H and O–H groups in total. The lowest BCUT2D eigenvalue weighted by Crippen LogP contribution is -2.41. The van der Waals surface area contributed by atoms with E-state index in [2.05, 4.69) is 29.1 Å². The van der Waals surface area contributed by atoms with Crippen LogP contribution < -0.4 is 5.32 Å². The summed E-state index contributed by atoms with van der Waals surface area (Å²) < 4.78 is 5.40. The fourth-order valence-corrected chi connectivity index (χ4v) is 3.37. The first-order valence-electron chi connectivity index (χ1n) is 6.58. The van der Waals surface area contributed by atoms with Gasteiger partial charge in [0.15, 0.2) is 0 Å². The molecule has 96 valence electrons. The molecule has 0 aliphatic heterocycles. The lowest BCUT2D eigenvalue weighted by atomic mass is 9.92. The van der Waals surface area contributed by atoms with Gasteiger partial charge in [-0.15, -0.1) is 0 Å². The molecule has 1 aromatic rings. The highest BCUT2D eigenvalue weighted by Gasteiger charge is 2.21. The van der Waals surface area contributed by atoms with E-state index in [0.717, 1.165) is 6.42 Å². The first kappa shape index (κ1) is 13.1. The van der Waals surface area contributed by atoms with Gasteiger partial charge in [0.05, 0.1) is 6.10 Å². The summed E-state index contributed by atoms with van der Waals surface area (Å²) in [5, 5.41) is 8.16. The molecule has 1 fully saturated rings. The zero-order valence-corrected chi connectivity index (χ0v) is 11.6. The molecule has 1 unspecified atom stereocenters. The highest BCUT2D eigenvalue weighted by Crippen LogP contribution is 2.21. The quantitative estimate of drug-likeness (QED) is 0.870. The molecule has 1 heterocycles. The van der Waals surface area contributed by atoms with Crippen LogP contribution >= 0.6 is 11.3 Å². The number of nitrogens with one attached hydrogen (secondary N) is 1. The molecule has 3 heteroatoms. The molecule has 2 rings (SSSR count). The van der Waals surface area contributed by atoms with Crippen molar-refractivity contribution >= 4 is 11.3 Å². The van der Waals surface area contributed by atoms with E-state index in [0.29, 0.717) is 18.2 Å². The van der Waals surface area contributed by atoms with E-state index in [1.165, 1.54) is 31.2 Å². The molecular formula is C14H23NOS. The average molecular weight is 253 g/mol. The Morgan fingerprint density at radius 3 is 2.76 bits per heavy atom. The van der Waals surface area contributed by atoms with E-state index in [9.17, 15) is 0 Å². The van der Waals surface area contributed by atoms with Gasteiger partial charge >= 0.3 is 0 Å². The Bertz CT molecular complexity index is 304. The molecule has 1 aromatic heterocycles. The molecule has 0 spiro atoms. The van der Waals surface area contributed by atoms with Crippen LogP contribution in [0.1, 0.15) is 38.2 Å². The summed E-state index contributed by atoms with van der Waals surface area (Å²) in [6.07, 6.45) is 6.57. The molecule has 2 nitrogen and oxygen atoms in total. The van der Waals surface area contributed by atoms with Crippen molar-refractivity contribution in [2.24, 2.45) is 0 Å². The van der Waals surface area contributed by atoms with Crippen LogP contribution in [0.4, 0.5) is 0 Å². The Kier molecular flexibility index (Phi) is 5.01. The maximum atomic E-state index is 5.40.